The van der Waals surface area contributed by atoms with Gasteiger partial charge in [0.2, 0.25) is 5.95 Å². The van der Waals surface area contributed by atoms with Crippen molar-refractivity contribution in [1.82, 2.24) is 9.97 Å². The highest BCUT2D eigenvalue weighted by atomic mass is 16.4. The molecule has 1 atom stereocenters. The lowest BCUT2D eigenvalue weighted by Crippen LogP contribution is -2.45. The Bertz CT molecular complexity index is 399. The van der Waals surface area contributed by atoms with E-state index < -0.39 is 12.0 Å². The first kappa shape index (κ1) is 10.9. The number of hydrogen-bond donors (Lipinski definition) is 0. The SMILES string of the molecule is Cc1cc(C)nc(N2CCC[C@@H]2C(=O)[O-])n1. The van der Waals surface area contributed by atoms with Crippen molar-refractivity contribution in [2.24, 2.45) is 0 Å². The average molecular weight is 220 g/mol. The van der Waals surface area contributed by atoms with Crippen LogP contribution in [0.4, 0.5) is 5.95 Å². The Kier molecular flexibility index (Phi) is 2.77. The molecule has 0 amide bonds. The van der Waals surface area contributed by atoms with Crippen molar-refractivity contribution in [2.45, 2.75) is 32.7 Å². The van der Waals surface area contributed by atoms with Gasteiger partial charge >= 0.3 is 0 Å². The van der Waals surface area contributed by atoms with Gasteiger partial charge in [0.25, 0.3) is 0 Å². The van der Waals surface area contributed by atoms with Crippen LogP contribution in [0.25, 0.3) is 0 Å². The van der Waals surface area contributed by atoms with Crippen LogP contribution in [-0.2, 0) is 4.79 Å². The maximum Gasteiger partial charge on any atom is 0.226 e. The number of rotatable bonds is 2. The van der Waals surface area contributed by atoms with Crippen molar-refractivity contribution >= 4 is 11.9 Å². The number of carbonyl (C=O) groups is 1. The first-order chi connectivity index (χ1) is 7.58. The van der Waals surface area contributed by atoms with Crippen molar-refractivity contribution in [3.05, 3.63) is 17.5 Å². The molecule has 0 unspecified atom stereocenters. The van der Waals surface area contributed by atoms with Gasteiger partial charge in [-0.05, 0) is 32.8 Å². The van der Waals surface area contributed by atoms with E-state index in [-0.39, 0.29) is 0 Å². The van der Waals surface area contributed by atoms with Crippen LogP contribution in [0.2, 0.25) is 0 Å². The Morgan fingerprint density at radius 1 is 1.44 bits per heavy atom. The average Bonchev–Trinajstić information content (AvgIpc) is 2.63. The van der Waals surface area contributed by atoms with Gasteiger partial charge in [0.05, 0.1) is 12.0 Å². The lowest BCUT2D eigenvalue weighted by atomic mass is 10.2. The molecule has 1 fully saturated rings. The van der Waals surface area contributed by atoms with Crippen LogP contribution in [0.15, 0.2) is 6.07 Å². The minimum absolute atomic E-state index is 0.504. The first-order valence-electron chi connectivity index (χ1n) is 5.37. The molecule has 0 aliphatic carbocycles. The third-order valence-corrected chi connectivity index (χ3v) is 2.75. The number of aliphatic carboxylic acids is 1. The lowest BCUT2D eigenvalue weighted by molar-refractivity contribution is -0.307. The van der Waals surface area contributed by atoms with Crippen LogP contribution >= 0.6 is 0 Å². The molecule has 0 bridgehead atoms. The summed E-state index contributed by atoms with van der Waals surface area (Å²) in [6, 6.07) is 1.29. The Labute approximate surface area is 94.1 Å². The molecule has 1 saturated heterocycles. The van der Waals surface area contributed by atoms with Gasteiger partial charge in [-0.3, -0.25) is 0 Å². The number of anilines is 1. The number of nitrogens with zero attached hydrogens (tertiary/aromatic N) is 3. The predicted molar refractivity (Wildman–Crippen MR) is 56.9 cm³/mol. The van der Waals surface area contributed by atoms with Crippen LogP contribution in [-0.4, -0.2) is 28.5 Å². The van der Waals surface area contributed by atoms with Gasteiger partial charge in [0.15, 0.2) is 0 Å². The molecule has 5 nitrogen and oxygen atoms in total. The minimum atomic E-state index is -1.04. The highest BCUT2D eigenvalue weighted by molar-refractivity contribution is 5.76. The summed E-state index contributed by atoms with van der Waals surface area (Å²) in [5.41, 5.74) is 1.71. The Morgan fingerprint density at radius 2 is 2.06 bits per heavy atom. The van der Waals surface area contributed by atoms with Crippen molar-refractivity contribution in [1.29, 1.82) is 0 Å². The lowest BCUT2D eigenvalue weighted by Gasteiger charge is -2.25. The number of carboxylic acids is 1. The summed E-state index contributed by atoms with van der Waals surface area (Å²) in [6.45, 7) is 4.44. The number of hydrogen-bond acceptors (Lipinski definition) is 5. The molecule has 0 saturated carbocycles. The topological polar surface area (TPSA) is 69.2 Å². The molecule has 5 heteroatoms. The van der Waals surface area contributed by atoms with E-state index in [0.29, 0.717) is 18.9 Å². The fourth-order valence-corrected chi connectivity index (χ4v) is 2.09. The second-order valence-corrected chi connectivity index (χ2v) is 4.12. The van der Waals surface area contributed by atoms with Crippen LogP contribution in [0.1, 0.15) is 24.2 Å². The molecule has 1 aliphatic rings. The summed E-state index contributed by atoms with van der Waals surface area (Å²) in [5, 5.41) is 10.9. The van der Waals surface area contributed by atoms with Gasteiger partial charge in [0.1, 0.15) is 0 Å². The fourth-order valence-electron chi connectivity index (χ4n) is 2.09. The largest absolute Gasteiger partial charge is 0.548 e. The Balaban J connectivity index is 2.32. The van der Waals surface area contributed by atoms with Crippen molar-refractivity contribution in [3.63, 3.8) is 0 Å². The third kappa shape index (κ3) is 1.98. The number of aromatic nitrogens is 2. The summed E-state index contributed by atoms with van der Waals surface area (Å²) in [4.78, 5) is 21.2. The molecule has 0 N–H and O–H groups in total. The molecule has 1 aromatic rings. The third-order valence-electron chi connectivity index (χ3n) is 2.75. The summed E-state index contributed by atoms with van der Waals surface area (Å²) < 4.78 is 0. The van der Waals surface area contributed by atoms with Gasteiger partial charge < -0.3 is 14.8 Å². The van der Waals surface area contributed by atoms with E-state index in [1.54, 1.807) is 4.90 Å². The quantitative estimate of drug-likeness (QED) is 0.691. The molecule has 1 aliphatic heterocycles. The van der Waals surface area contributed by atoms with Crippen molar-refractivity contribution in [3.8, 4) is 0 Å². The van der Waals surface area contributed by atoms with Crippen LogP contribution in [0, 0.1) is 13.8 Å². The zero-order chi connectivity index (χ0) is 11.7. The number of aryl methyl sites for hydroxylation is 2. The Hall–Kier alpha value is -1.65. The van der Waals surface area contributed by atoms with Crippen molar-refractivity contribution in [2.75, 3.05) is 11.4 Å². The van der Waals surface area contributed by atoms with Crippen LogP contribution in [0.3, 0.4) is 0 Å². The van der Waals surface area contributed by atoms with Crippen LogP contribution in [0.5, 0.6) is 0 Å². The standard InChI is InChI=1S/C11H15N3O2/c1-7-6-8(2)13-11(12-7)14-5-3-4-9(14)10(15)16/h6,9H,3-5H2,1-2H3,(H,15,16)/p-1/t9-/m1/s1. The number of carbonyl (C=O) groups excluding carboxylic acids is 1. The molecule has 1 aromatic heterocycles. The molecule has 16 heavy (non-hydrogen) atoms. The summed E-state index contributed by atoms with van der Waals surface area (Å²) >= 11 is 0. The van der Waals surface area contributed by atoms with E-state index >= 15 is 0 Å². The minimum Gasteiger partial charge on any atom is -0.548 e. The Morgan fingerprint density at radius 3 is 2.62 bits per heavy atom. The van der Waals surface area contributed by atoms with Gasteiger partial charge in [0, 0.05) is 17.9 Å². The highest BCUT2D eigenvalue weighted by Crippen LogP contribution is 2.22. The van der Waals surface area contributed by atoms with E-state index in [1.807, 2.05) is 19.9 Å². The predicted octanol–water partition coefficient (Wildman–Crippen LogP) is -0.188. The summed E-state index contributed by atoms with van der Waals surface area (Å²) in [7, 11) is 0. The summed E-state index contributed by atoms with van der Waals surface area (Å²) in [6.07, 6.45) is 1.45. The molecule has 2 rings (SSSR count). The van der Waals surface area contributed by atoms with Gasteiger partial charge in [-0.2, -0.15) is 0 Å². The molecule has 0 spiro atoms. The van der Waals surface area contributed by atoms with E-state index in [2.05, 4.69) is 9.97 Å². The van der Waals surface area contributed by atoms with E-state index in [1.165, 1.54) is 0 Å². The highest BCUT2D eigenvalue weighted by Gasteiger charge is 2.27. The fraction of sp³-hybridized carbons (Fsp3) is 0.545. The maximum absolute atomic E-state index is 10.9. The molecule has 0 radical (unpaired) electrons. The monoisotopic (exact) mass is 220 g/mol. The van der Waals surface area contributed by atoms with E-state index in [4.69, 9.17) is 0 Å². The zero-order valence-corrected chi connectivity index (χ0v) is 9.43. The van der Waals surface area contributed by atoms with E-state index in [0.717, 1.165) is 17.8 Å². The van der Waals surface area contributed by atoms with Gasteiger partial charge in [-0.25, -0.2) is 9.97 Å². The zero-order valence-electron chi connectivity index (χ0n) is 9.43. The second kappa shape index (κ2) is 4.08. The smallest absolute Gasteiger partial charge is 0.226 e. The first-order valence-corrected chi connectivity index (χ1v) is 5.37. The summed E-state index contributed by atoms with van der Waals surface area (Å²) in [5.74, 6) is -0.538. The number of carboxylic acid groups (broad SMARTS) is 1. The molecular weight excluding hydrogens is 206 g/mol. The molecule has 0 aromatic carbocycles. The van der Waals surface area contributed by atoms with Gasteiger partial charge in [-0.1, -0.05) is 0 Å². The molecule has 86 valence electrons. The van der Waals surface area contributed by atoms with Gasteiger partial charge in [-0.15, -0.1) is 0 Å². The normalized spacial score (nSPS) is 20.1. The molecular formula is C11H14N3O2-. The van der Waals surface area contributed by atoms with Crippen molar-refractivity contribution < 1.29 is 9.90 Å². The van der Waals surface area contributed by atoms with E-state index in [9.17, 15) is 9.90 Å². The maximum atomic E-state index is 10.9. The van der Waals surface area contributed by atoms with Crippen LogP contribution < -0.4 is 10.0 Å². The molecule has 2 heterocycles. The second-order valence-electron chi connectivity index (χ2n) is 4.12.